The molecule has 0 saturated carbocycles. The maximum absolute atomic E-state index is 9.05. The van der Waals surface area contributed by atoms with E-state index in [0.29, 0.717) is 0 Å². The molecule has 0 bridgehead atoms. The normalized spacial score (nSPS) is 13.1. The van der Waals surface area contributed by atoms with Gasteiger partial charge in [0.2, 0.25) is 0 Å². The number of nitrogens with zero attached hydrogens (tertiary/aromatic N) is 2. The van der Waals surface area contributed by atoms with Crippen molar-refractivity contribution in [3.8, 4) is 0 Å². The molecular weight excluding hydrogens is 190 g/mol. The van der Waals surface area contributed by atoms with Crippen LogP contribution in [0.25, 0.3) is 0 Å². The van der Waals surface area contributed by atoms with Crippen molar-refractivity contribution >= 4 is 0 Å². The van der Waals surface area contributed by atoms with E-state index in [0.717, 1.165) is 25.1 Å². The fourth-order valence-corrected chi connectivity index (χ4v) is 1.62. The zero-order chi connectivity index (χ0) is 11.3. The van der Waals surface area contributed by atoms with Crippen LogP contribution in [-0.2, 0) is 20.0 Å². The molecule has 15 heavy (non-hydrogen) atoms. The molecule has 0 aliphatic carbocycles. The van der Waals surface area contributed by atoms with Crippen molar-refractivity contribution in [1.82, 2.24) is 15.1 Å². The van der Waals surface area contributed by atoms with E-state index in [1.165, 1.54) is 5.56 Å². The summed E-state index contributed by atoms with van der Waals surface area (Å²) in [4.78, 5) is 0. The Kier molecular flexibility index (Phi) is 4.78. The fraction of sp³-hybridized carbons (Fsp3) is 0.727. The van der Waals surface area contributed by atoms with Gasteiger partial charge < -0.3 is 10.4 Å². The zero-order valence-electron chi connectivity index (χ0n) is 9.82. The van der Waals surface area contributed by atoms with E-state index in [2.05, 4.69) is 24.3 Å². The number of nitrogens with one attached hydrogen (secondary N) is 1. The van der Waals surface area contributed by atoms with Gasteiger partial charge in [0.05, 0.1) is 12.3 Å². The monoisotopic (exact) mass is 211 g/mol. The first-order valence-electron chi connectivity index (χ1n) is 5.56. The standard InChI is InChI=1S/C11H21N3O/c1-4-10(8-15)12-6-9-7-14(3)13-11(9)5-2/h7,10,12,15H,4-6,8H2,1-3H3/t10-/m0/s1. The highest BCUT2D eigenvalue weighted by molar-refractivity contribution is 5.16. The second-order valence-corrected chi connectivity index (χ2v) is 3.80. The number of aromatic nitrogens is 2. The van der Waals surface area contributed by atoms with E-state index in [9.17, 15) is 0 Å². The lowest BCUT2D eigenvalue weighted by Crippen LogP contribution is -2.31. The molecule has 1 rings (SSSR count). The highest BCUT2D eigenvalue weighted by atomic mass is 16.3. The van der Waals surface area contributed by atoms with E-state index in [1.54, 1.807) is 0 Å². The molecule has 1 heterocycles. The topological polar surface area (TPSA) is 50.1 Å². The minimum Gasteiger partial charge on any atom is -0.395 e. The van der Waals surface area contributed by atoms with Crippen LogP contribution < -0.4 is 5.32 Å². The average Bonchev–Trinajstić information content (AvgIpc) is 2.60. The van der Waals surface area contributed by atoms with Gasteiger partial charge >= 0.3 is 0 Å². The van der Waals surface area contributed by atoms with Crippen molar-refractivity contribution in [2.75, 3.05) is 6.61 Å². The summed E-state index contributed by atoms with van der Waals surface area (Å²) in [5.74, 6) is 0. The van der Waals surface area contributed by atoms with Crippen LogP contribution in [0.5, 0.6) is 0 Å². The molecule has 0 fully saturated rings. The van der Waals surface area contributed by atoms with Crippen LogP contribution >= 0.6 is 0 Å². The zero-order valence-corrected chi connectivity index (χ0v) is 9.82. The minimum atomic E-state index is 0.190. The second kappa shape index (κ2) is 5.88. The van der Waals surface area contributed by atoms with Crippen molar-refractivity contribution in [2.45, 2.75) is 39.3 Å². The van der Waals surface area contributed by atoms with Crippen LogP contribution in [0.2, 0.25) is 0 Å². The molecule has 4 heteroatoms. The molecule has 0 aromatic carbocycles. The van der Waals surface area contributed by atoms with Crippen LogP contribution in [0.3, 0.4) is 0 Å². The van der Waals surface area contributed by atoms with Gasteiger partial charge in [-0.25, -0.2) is 0 Å². The van der Waals surface area contributed by atoms with Gasteiger partial charge in [-0.2, -0.15) is 5.10 Å². The maximum Gasteiger partial charge on any atom is 0.0666 e. The Balaban J connectivity index is 2.55. The van der Waals surface area contributed by atoms with E-state index in [-0.39, 0.29) is 12.6 Å². The summed E-state index contributed by atoms with van der Waals surface area (Å²) in [7, 11) is 1.94. The molecule has 0 spiro atoms. The van der Waals surface area contributed by atoms with E-state index >= 15 is 0 Å². The Labute approximate surface area is 91.3 Å². The first-order valence-corrected chi connectivity index (χ1v) is 5.56. The lowest BCUT2D eigenvalue weighted by atomic mass is 10.2. The van der Waals surface area contributed by atoms with Gasteiger partial charge in [-0.1, -0.05) is 13.8 Å². The Bertz CT molecular complexity index is 292. The van der Waals surface area contributed by atoms with Crippen molar-refractivity contribution in [3.63, 3.8) is 0 Å². The van der Waals surface area contributed by atoms with Gasteiger partial charge in [-0.15, -0.1) is 0 Å². The molecule has 0 amide bonds. The van der Waals surface area contributed by atoms with Crippen molar-refractivity contribution in [3.05, 3.63) is 17.5 Å². The molecule has 2 N–H and O–H groups in total. The Morgan fingerprint density at radius 2 is 2.27 bits per heavy atom. The van der Waals surface area contributed by atoms with Gasteiger partial charge in [0.1, 0.15) is 0 Å². The van der Waals surface area contributed by atoms with Crippen molar-refractivity contribution in [2.24, 2.45) is 7.05 Å². The third kappa shape index (κ3) is 3.32. The molecule has 1 aromatic heterocycles. The van der Waals surface area contributed by atoms with Gasteiger partial charge in [-0.05, 0) is 12.8 Å². The molecule has 1 aromatic rings. The second-order valence-electron chi connectivity index (χ2n) is 3.80. The predicted octanol–water partition coefficient (Wildman–Crippen LogP) is 0.843. The molecule has 0 aliphatic rings. The number of aryl methyl sites for hydroxylation is 2. The lowest BCUT2D eigenvalue weighted by Gasteiger charge is -2.13. The van der Waals surface area contributed by atoms with Gasteiger partial charge in [0, 0.05) is 31.4 Å². The highest BCUT2D eigenvalue weighted by Gasteiger charge is 2.08. The first-order chi connectivity index (χ1) is 7.21. The smallest absolute Gasteiger partial charge is 0.0666 e. The number of hydrogen-bond acceptors (Lipinski definition) is 3. The summed E-state index contributed by atoms with van der Waals surface area (Å²) in [6, 6.07) is 0.190. The molecular formula is C11H21N3O. The minimum absolute atomic E-state index is 0.190. The van der Waals surface area contributed by atoms with Crippen LogP contribution in [0.4, 0.5) is 0 Å². The SMILES string of the molecule is CCc1nn(C)cc1CN[C@@H](CC)CO. The van der Waals surface area contributed by atoms with E-state index in [1.807, 2.05) is 17.9 Å². The molecule has 0 unspecified atom stereocenters. The van der Waals surface area contributed by atoms with E-state index in [4.69, 9.17) is 5.11 Å². The number of aliphatic hydroxyl groups is 1. The molecule has 1 atom stereocenters. The Morgan fingerprint density at radius 1 is 1.53 bits per heavy atom. The molecule has 0 saturated heterocycles. The summed E-state index contributed by atoms with van der Waals surface area (Å²) in [6.45, 7) is 5.15. The maximum atomic E-state index is 9.05. The number of aliphatic hydroxyl groups excluding tert-OH is 1. The van der Waals surface area contributed by atoms with Crippen molar-refractivity contribution in [1.29, 1.82) is 0 Å². The number of hydrogen-bond donors (Lipinski definition) is 2. The quantitative estimate of drug-likeness (QED) is 0.733. The predicted molar refractivity (Wildman–Crippen MR) is 60.6 cm³/mol. The lowest BCUT2D eigenvalue weighted by molar-refractivity contribution is 0.238. The summed E-state index contributed by atoms with van der Waals surface area (Å²) < 4.78 is 1.84. The van der Waals surface area contributed by atoms with Crippen molar-refractivity contribution < 1.29 is 5.11 Å². The van der Waals surface area contributed by atoms with Crippen LogP contribution in [-0.4, -0.2) is 27.5 Å². The number of rotatable bonds is 6. The molecule has 86 valence electrons. The Morgan fingerprint density at radius 3 is 2.80 bits per heavy atom. The van der Waals surface area contributed by atoms with Gasteiger partial charge in [0.15, 0.2) is 0 Å². The van der Waals surface area contributed by atoms with Crippen LogP contribution in [0, 0.1) is 0 Å². The molecule has 4 nitrogen and oxygen atoms in total. The third-order valence-corrected chi connectivity index (χ3v) is 2.62. The summed E-state index contributed by atoms with van der Waals surface area (Å²) >= 11 is 0. The molecule has 0 radical (unpaired) electrons. The summed E-state index contributed by atoms with van der Waals surface area (Å²) in [6.07, 6.45) is 3.93. The molecule has 0 aliphatic heterocycles. The Hall–Kier alpha value is -0.870. The van der Waals surface area contributed by atoms with Gasteiger partial charge in [-0.3, -0.25) is 4.68 Å². The fourth-order valence-electron chi connectivity index (χ4n) is 1.62. The summed E-state index contributed by atoms with van der Waals surface area (Å²) in [5.41, 5.74) is 2.37. The van der Waals surface area contributed by atoms with Crippen LogP contribution in [0.15, 0.2) is 6.20 Å². The summed E-state index contributed by atoms with van der Waals surface area (Å²) in [5, 5.41) is 16.7. The largest absolute Gasteiger partial charge is 0.395 e. The first kappa shape index (κ1) is 12.2. The third-order valence-electron chi connectivity index (χ3n) is 2.62. The average molecular weight is 211 g/mol. The highest BCUT2D eigenvalue weighted by Crippen LogP contribution is 2.07. The van der Waals surface area contributed by atoms with E-state index < -0.39 is 0 Å². The van der Waals surface area contributed by atoms with Gasteiger partial charge in [0.25, 0.3) is 0 Å². The van der Waals surface area contributed by atoms with Crippen LogP contribution in [0.1, 0.15) is 31.5 Å².